The number of aryl methyl sites for hydroxylation is 1. The van der Waals surface area contributed by atoms with Crippen LogP contribution in [0.25, 0.3) is 11.0 Å². The zero-order chi connectivity index (χ0) is 16.4. The molecule has 1 N–H and O–H groups in total. The number of aromatic carboxylic acids is 1. The fourth-order valence-electron chi connectivity index (χ4n) is 2.48. The molecule has 2 aromatic carbocycles. The molecule has 0 aliphatic heterocycles. The van der Waals surface area contributed by atoms with Crippen molar-refractivity contribution in [3.63, 3.8) is 0 Å². The molecule has 0 radical (unpaired) electrons. The van der Waals surface area contributed by atoms with Crippen molar-refractivity contribution in [2.24, 2.45) is 0 Å². The van der Waals surface area contributed by atoms with Crippen LogP contribution in [-0.4, -0.2) is 18.2 Å². The van der Waals surface area contributed by atoms with Crippen LogP contribution < -0.4 is 9.47 Å². The number of hydrogen-bond acceptors (Lipinski definition) is 4. The third-order valence-corrected chi connectivity index (χ3v) is 3.59. The Kier molecular flexibility index (Phi) is 3.93. The van der Waals surface area contributed by atoms with Gasteiger partial charge in [-0.15, -0.1) is 0 Å². The third kappa shape index (κ3) is 2.99. The van der Waals surface area contributed by atoms with Crippen LogP contribution in [0.15, 0.2) is 46.9 Å². The summed E-state index contributed by atoms with van der Waals surface area (Å²) in [4.78, 5) is 11.3. The maximum atomic E-state index is 11.3. The van der Waals surface area contributed by atoms with Gasteiger partial charge in [0, 0.05) is 5.39 Å². The van der Waals surface area contributed by atoms with Gasteiger partial charge in [0.05, 0.1) is 7.11 Å². The molecule has 1 heterocycles. The lowest BCUT2D eigenvalue weighted by molar-refractivity contribution is 0.0697. The minimum atomic E-state index is -1.01. The van der Waals surface area contributed by atoms with Crippen molar-refractivity contribution < 1.29 is 23.8 Å². The Morgan fingerprint density at radius 1 is 1.17 bits per heavy atom. The van der Waals surface area contributed by atoms with Gasteiger partial charge in [-0.25, -0.2) is 4.79 Å². The molecule has 0 saturated heterocycles. The van der Waals surface area contributed by atoms with Crippen LogP contribution in [0, 0.1) is 6.92 Å². The minimum Gasteiger partial charge on any atom is -0.497 e. The van der Waals surface area contributed by atoms with E-state index in [9.17, 15) is 9.90 Å². The Hall–Kier alpha value is -2.95. The Labute approximate surface area is 133 Å². The van der Waals surface area contributed by atoms with Crippen molar-refractivity contribution in [2.75, 3.05) is 7.11 Å². The van der Waals surface area contributed by atoms with E-state index in [0.29, 0.717) is 29.1 Å². The van der Waals surface area contributed by atoms with Crippen LogP contribution in [0.5, 0.6) is 11.5 Å². The van der Waals surface area contributed by atoms with Crippen molar-refractivity contribution in [1.29, 1.82) is 0 Å². The number of hydrogen-bond donors (Lipinski definition) is 1. The van der Waals surface area contributed by atoms with E-state index in [1.165, 1.54) is 0 Å². The Balaban J connectivity index is 1.85. The normalized spacial score (nSPS) is 10.7. The second-order valence-corrected chi connectivity index (χ2v) is 5.14. The maximum absolute atomic E-state index is 11.3. The van der Waals surface area contributed by atoms with Crippen LogP contribution in [0.1, 0.15) is 21.7 Å². The van der Waals surface area contributed by atoms with Crippen molar-refractivity contribution in [2.45, 2.75) is 13.5 Å². The minimum absolute atomic E-state index is 0.173. The lowest BCUT2D eigenvalue weighted by Gasteiger charge is -2.07. The highest BCUT2D eigenvalue weighted by Gasteiger charge is 2.17. The van der Waals surface area contributed by atoms with Crippen LogP contribution in [0.3, 0.4) is 0 Å². The molecule has 0 fully saturated rings. The zero-order valence-electron chi connectivity index (χ0n) is 12.8. The number of carbonyl (C=O) groups is 1. The topological polar surface area (TPSA) is 68.9 Å². The molecule has 0 spiro atoms. The summed E-state index contributed by atoms with van der Waals surface area (Å²) in [7, 11) is 1.61. The summed E-state index contributed by atoms with van der Waals surface area (Å²) in [5.41, 5.74) is 1.67. The summed E-state index contributed by atoms with van der Waals surface area (Å²) in [5.74, 6) is 0.729. The predicted octanol–water partition coefficient (Wildman–Crippen LogP) is 4.03. The number of benzene rings is 2. The largest absolute Gasteiger partial charge is 0.497 e. The van der Waals surface area contributed by atoms with E-state index in [4.69, 9.17) is 13.9 Å². The highest BCUT2D eigenvalue weighted by molar-refractivity contribution is 6.03. The van der Waals surface area contributed by atoms with Crippen LogP contribution >= 0.6 is 0 Å². The maximum Gasteiger partial charge on any atom is 0.339 e. The van der Waals surface area contributed by atoms with Crippen LogP contribution in [0.4, 0.5) is 0 Å². The van der Waals surface area contributed by atoms with Gasteiger partial charge in [-0.3, -0.25) is 0 Å². The smallest absolute Gasteiger partial charge is 0.339 e. The molecule has 0 bridgehead atoms. The molecular weight excluding hydrogens is 296 g/mol. The molecule has 0 aliphatic carbocycles. The molecule has 1 aromatic heterocycles. The van der Waals surface area contributed by atoms with E-state index in [1.54, 1.807) is 32.2 Å². The number of carboxylic acids is 1. The number of ether oxygens (including phenoxy) is 2. The molecule has 3 aromatic rings. The van der Waals surface area contributed by atoms with Gasteiger partial charge in [-0.1, -0.05) is 12.1 Å². The Morgan fingerprint density at radius 2 is 2.00 bits per heavy atom. The lowest BCUT2D eigenvalue weighted by Crippen LogP contribution is -1.98. The van der Waals surface area contributed by atoms with Gasteiger partial charge in [-0.05, 0) is 42.8 Å². The highest BCUT2D eigenvalue weighted by Crippen LogP contribution is 2.29. The summed E-state index contributed by atoms with van der Waals surface area (Å²) in [5, 5.41) is 9.83. The molecule has 118 valence electrons. The van der Waals surface area contributed by atoms with Gasteiger partial charge >= 0.3 is 5.97 Å². The first kappa shape index (κ1) is 15.0. The number of carboxylic acid groups (broad SMARTS) is 1. The van der Waals surface area contributed by atoms with Gasteiger partial charge in [0.1, 0.15) is 35.0 Å². The van der Waals surface area contributed by atoms with Crippen molar-refractivity contribution in [3.05, 3.63) is 59.4 Å². The molecule has 0 unspecified atom stereocenters. The summed E-state index contributed by atoms with van der Waals surface area (Å²) < 4.78 is 16.4. The van der Waals surface area contributed by atoms with Gasteiger partial charge in [0.25, 0.3) is 0 Å². The molecule has 0 amide bonds. The van der Waals surface area contributed by atoms with Crippen LogP contribution in [-0.2, 0) is 6.61 Å². The fraction of sp³-hybridized carbons (Fsp3) is 0.167. The Bertz CT molecular complexity index is 863. The lowest BCUT2D eigenvalue weighted by atomic mass is 10.1. The summed E-state index contributed by atoms with van der Waals surface area (Å²) in [6, 6.07) is 12.8. The SMILES string of the molecule is COc1cccc(COc2ccc3oc(C)c(C(=O)O)c3c2)c1. The molecule has 0 atom stereocenters. The van der Waals surface area contributed by atoms with Gasteiger partial charge in [-0.2, -0.15) is 0 Å². The molecule has 5 heteroatoms. The van der Waals surface area contributed by atoms with E-state index in [-0.39, 0.29) is 5.56 Å². The van der Waals surface area contributed by atoms with E-state index in [1.807, 2.05) is 24.3 Å². The Morgan fingerprint density at radius 3 is 2.74 bits per heavy atom. The van der Waals surface area contributed by atoms with Crippen LogP contribution in [0.2, 0.25) is 0 Å². The second-order valence-electron chi connectivity index (χ2n) is 5.14. The first-order valence-corrected chi connectivity index (χ1v) is 7.10. The monoisotopic (exact) mass is 312 g/mol. The quantitative estimate of drug-likeness (QED) is 0.770. The number of rotatable bonds is 5. The number of fused-ring (bicyclic) bond motifs is 1. The highest BCUT2D eigenvalue weighted by atomic mass is 16.5. The predicted molar refractivity (Wildman–Crippen MR) is 85.2 cm³/mol. The number of methoxy groups -OCH3 is 1. The van der Waals surface area contributed by atoms with Crippen molar-refractivity contribution in [3.8, 4) is 11.5 Å². The summed E-state index contributed by atoms with van der Waals surface area (Å²) in [6.07, 6.45) is 0. The average molecular weight is 312 g/mol. The first-order chi connectivity index (χ1) is 11.1. The number of furan rings is 1. The molecule has 5 nitrogen and oxygen atoms in total. The molecule has 23 heavy (non-hydrogen) atoms. The van der Waals surface area contributed by atoms with E-state index in [0.717, 1.165) is 11.3 Å². The van der Waals surface area contributed by atoms with Crippen molar-refractivity contribution in [1.82, 2.24) is 0 Å². The first-order valence-electron chi connectivity index (χ1n) is 7.10. The van der Waals surface area contributed by atoms with E-state index >= 15 is 0 Å². The molecule has 0 saturated carbocycles. The summed E-state index contributed by atoms with van der Waals surface area (Å²) >= 11 is 0. The second kappa shape index (κ2) is 6.04. The molecule has 0 aliphatic rings. The van der Waals surface area contributed by atoms with Gasteiger partial charge in [0.15, 0.2) is 0 Å². The third-order valence-electron chi connectivity index (χ3n) is 3.59. The van der Waals surface area contributed by atoms with Gasteiger partial charge in [0.2, 0.25) is 0 Å². The van der Waals surface area contributed by atoms with E-state index in [2.05, 4.69) is 0 Å². The van der Waals surface area contributed by atoms with Gasteiger partial charge < -0.3 is 19.0 Å². The molecule has 3 rings (SSSR count). The van der Waals surface area contributed by atoms with E-state index < -0.39 is 5.97 Å². The van der Waals surface area contributed by atoms with Crippen molar-refractivity contribution >= 4 is 16.9 Å². The fourth-order valence-corrected chi connectivity index (χ4v) is 2.48. The summed E-state index contributed by atoms with van der Waals surface area (Å²) in [6.45, 7) is 2.00. The zero-order valence-corrected chi connectivity index (χ0v) is 12.8. The molecular formula is C18H16O5. The average Bonchev–Trinajstić information content (AvgIpc) is 2.88. The standard InChI is InChI=1S/C18H16O5/c1-11-17(18(19)20)15-9-14(6-7-16(15)23-11)22-10-12-4-3-5-13(8-12)21-2/h3-9H,10H2,1-2H3,(H,19,20).